The minimum atomic E-state index is -0.169. The number of nitrogens with one attached hydrogen (secondary N) is 2. The number of H-pyrrole nitrogens is 1. The van der Waals surface area contributed by atoms with Crippen LogP contribution in [0.5, 0.6) is 0 Å². The number of rotatable bonds is 5. The van der Waals surface area contributed by atoms with E-state index in [4.69, 9.17) is 4.74 Å². The van der Waals surface area contributed by atoms with Crippen molar-refractivity contribution in [2.45, 2.75) is 37.7 Å². The number of hydrogen-bond donors (Lipinski definition) is 2. The van der Waals surface area contributed by atoms with Crippen LogP contribution in [0.25, 0.3) is 10.9 Å². The summed E-state index contributed by atoms with van der Waals surface area (Å²) >= 11 is 0. The van der Waals surface area contributed by atoms with E-state index in [0.717, 1.165) is 61.8 Å². The highest BCUT2D eigenvalue weighted by atomic mass is 16.5. The molecule has 2 fully saturated rings. The highest BCUT2D eigenvalue weighted by Crippen LogP contribution is 2.37. The zero-order chi connectivity index (χ0) is 22.7. The number of piperidine rings is 1. The van der Waals surface area contributed by atoms with E-state index >= 15 is 0 Å². The molecule has 6 nitrogen and oxygen atoms in total. The van der Waals surface area contributed by atoms with Crippen LogP contribution < -0.4 is 5.32 Å². The largest absolute Gasteiger partial charge is 0.375 e. The molecule has 0 aliphatic carbocycles. The first-order chi connectivity index (χ1) is 16.1. The highest BCUT2D eigenvalue weighted by molar-refractivity contribution is 5.94. The molecule has 0 radical (unpaired) electrons. The molecular weight excluding hydrogens is 414 g/mol. The predicted molar refractivity (Wildman–Crippen MR) is 128 cm³/mol. The van der Waals surface area contributed by atoms with Crippen molar-refractivity contribution >= 4 is 22.7 Å². The third-order valence-electron chi connectivity index (χ3n) is 7.23. The van der Waals surface area contributed by atoms with Gasteiger partial charge in [-0.15, -0.1) is 0 Å². The number of nitrogens with zero attached hydrogens (tertiary/aromatic N) is 1. The molecule has 2 saturated heterocycles. The van der Waals surface area contributed by atoms with Crippen molar-refractivity contribution in [2.24, 2.45) is 5.92 Å². The first kappa shape index (κ1) is 21.7. The Kier molecular flexibility index (Phi) is 6.18. The normalized spacial score (nSPS) is 20.1. The zero-order valence-electron chi connectivity index (χ0n) is 18.9. The second-order valence-corrected chi connectivity index (χ2v) is 9.38. The van der Waals surface area contributed by atoms with E-state index in [0.29, 0.717) is 24.4 Å². The molecule has 1 aromatic heterocycles. The van der Waals surface area contributed by atoms with Crippen LogP contribution in [-0.2, 0) is 16.0 Å². The Morgan fingerprint density at radius 2 is 1.82 bits per heavy atom. The van der Waals surface area contributed by atoms with Crippen molar-refractivity contribution in [1.82, 2.24) is 15.2 Å². The summed E-state index contributed by atoms with van der Waals surface area (Å²) in [7, 11) is 0. The summed E-state index contributed by atoms with van der Waals surface area (Å²) < 4.78 is 6.26. The molecule has 5 rings (SSSR count). The van der Waals surface area contributed by atoms with Gasteiger partial charge in [0.25, 0.3) is 5.91 Å². The van der Waals surface area contributed by atoms with E-state index in [-0.39, 0.29) is 17.4 Å². The van der Waals surface area contributed by atoms with Gasteiger partial charge < -0.3 is 19.9 Å². The lowest BCUT2D eigenvalue weighted by molar-refractivity contribution is -0.146. The summed E-state index contributed by atoms with van der Waals surface area (Å²) in [6, 6.07) is 17.5. The van der Waals surface area contributed by atoms with E-state index in [1.165, 1.54) is 0 Å². The van der Waals surface area contributed by atoms with Gasteiger partial charge in [-0.1, -0.05) is 36.4 Å². The third-order valence-corrected chi connectivity index (χ3v) is 7.23. The van der Waals surface area contributed by atoms with Crippen LogP contribution in [0.3, 0.4) is 0 Å². The predicted octanol–water partition coefficient (Wildman–Crippen LogP) is 3.93. The quantitative estimate of drug-likeness (QED) is 0.625. The van der Waals surface area contributed by atoms with Crippen LogP contribution in [0.1, 0.15) is 41.6 Å². The first-order valence-corrected chi connectivity index (χ1v) is 11.9. The molecule has 33 heavy (non-hydrogen) atoms. The molecule has 172 valence electrons. The Hall–Kier alpha value is -3.12. The summed E-state index contributed by atoms with van der Waals surface area (Å²) in [5, 5.41) is 4.22. The van der Waals surface area contributed by atoms with Gasteiger partial charge in [0.1, 0.15) is 0 Å². The van der Waals surface area contributed by atoms with E-state index in [1.54, 1.807) is 0 Å². The van der Waals surface area contributed by atoms with Gasteiger partial charge in [-0.3, -0.25) is 9.59 Å². The fraction of sp³-hybridized carbons (Fsp3) is 0.407. The Bertz CT molecular complexity index is 1120. The minimum Gasteiger partial charge on any atom is -0.375 e. The number of aromatic amines is 1. The standard InChI is InChI=1S/C27H31N3O3/c31-25(16-22-19-28-24-9-5-4-8-23(22)24)30-13-11-27(12-14-30)17-20(10-15-33-27)18-29-26(32)21-6-2-1-3-7-21/h1-9,19-20,28H,10-18H2,(H,29,32). The van der Waals surface area contributed by atoms with Crippen molar-refractivity contribution in [3.05, 3.63) is 71.9 Å². The molecule has 3 aromatic rings. The maximum Gasteiger partial charge on any atom is 0.251 e. The lowest BCUT2D eigenvalue weighted by Crippen LogP contribution is -2.52. The number of para-hydroxylation sites is 1. The fourth-order valence-corrected chi connectivity index (χ4v) is 5.30. The van der Waals surface area contributed by atoms with Crippen LogP contribution in [0.4, 0.5) is 0 Å². The second-order valence-electron chi connectivity index (χ2n) is 9.38. The van der Waals surface area contributed by atoms with Crippen molar-refractivity contribution in [1.29, 1.82) is 0 Å². The second kappa shape index (κ2) is 9.40. The number of carbonyl (C=O) groups excluding carboxylic acids is 2. The minimum absolute atomic E-state index is 0.0196. The zero-order valence-corrected chi connectivity index (χ0v) is 18.9. The van der Waals surface area contributed by atoms with Crippen LogP contribution in [-0.4, -0.2) is 53.5 Å². The Labute approximate surface area is 194 Å². The van der Waals surface area contributed by atoms with Crippen molar-refractivity contribution in [3.8, 4) is 0 Å². The van der Waals surface area contributed by atoms with Crippen LogP contribution >= 0.6 is 0 Å². The van der Waals surface area contributed by atoms with Crippen LogP contribution in [0.2, 0.25) is 0 Å². The van der Waals surface area contributed by atoms with E-state index < -0.39 is 0 Å². The van der Waals surface area contributed by atoms with Gasteiger partial charge in [0.15, 0.2) is 0 Å². The molecule has 0 saturated carbocycles. The van der Waals surface area contributed by atoms with Crippen LogP contribution in [0.15, 0.2) is 60.8 Å². The number of carbonyl (C=O) groups is 2. The van der Waals surface area contributed by atoms with Crippen molar-refractivity contribution < 1.29 is 14.3 Å². The van der Waals surface area contributed by atoms with E-state index in [2.05, 4.69) is 16.4 Å². The first-order valence-electron chi connectivity index (χ1n) is 11.9. The molecule has 2 aromatic carbocycles. The van der Waals surface area contributed by atoms with Crippen LogP contribution in [0, 0.1) is 5.92 Å². The number of ether oxygens (including phenoxy) is 1. The van der Waals surface area contributed by atoms with Gasteiger partial charge in [0.2, 0.25) is 5.91 Å². The monoisotopic (exact) mass is 445 g/mol. The molecule has 0 bridgehead atoms. The average Bonchev–Trinajstić information content (AvgIpc) is 3.26. The van der Waals surface area contributed by atoms with Gasteiger partial charge in [0.05, 0.1) is 12.0 Å². The molecule has 2 N–H and O–H groups in total. The van der Waals surface area contributed by atoms with Crippen molar-refractivity contribution in [3.63, 3.8) is 0 Å². The topological polar surface area (TPSA) is 74.4 Å². The molecule has 6 heteroatoms. The third kappa shape index (κ3) is 4.81. The molecule has 2 aliphatic rings. The fourth-order valence-electron chi connectivity index (χ4n) is 5.30. The lowest BCUT2D eigenvalue weighted by Gasteiger charge is -2.46. The van der Waals surface area contributed by atoms with Gasteiger partial charge in [-0.05, 0) is 55.4 Å². The summed E-state index contributed by atoms with van der Waals surface area (Å²) in [5.74, 6) is 0.561. The van der Waals surface area contributed by atoms with Gasteiger partial charge in [-0.25, -0.2) is 0 Å². The lowest BCUT2D eigenvalue weighted by atomic mass is 9.79. The Balaban J connectivity index is 1.13. The number of hydrogen-bond acceptors (Lipinski definition) is 3. The molecular formula is C27H31N3O3. The Morgan fingerprint density at radius 3 is 2.64 bits per heavy atom. The SMILES string of the molecule is O=C(NCC1CCOC2(CCN(C(=O)Cc3c[nH]c4ccccc34)CC2)C1)c1ccccc1. The maximum atomic E-state index is 13.0. The maximum absolute atomic E-state index is 13.0. The molecule has 3 heterocycles. The highest BCUT2D eigenvalue weighted by Gasteiger charge is 2.41. The van der Waals surface area contributed by atoms with Gasteiger partial charge >= 0.3 is 0 Å². The molecule has 2 aliphatic heterocycles. The van der Waals surface area contributed by atoms with E-state index in [1.807, 2.05) is 59.6 Å². The smallest absolute Gasteiger partial charge is 0.251 e. The molecule has 1 unspecified atom stereocenters. The average molecular weight is 446 g/mol. The number of amides is 2. The molecule has 1 atom stereocenters. The Morgan fingerprint density at radius 1 is 1.06 bits per heavy atom. The summed E-state index contributed by atoms with van der Waals surface area (Å²) in [5.41, 5.74) is 2.65. The number of fused-ring (bicyclic) bond motifs is 1. The summed E-state index contributed by atoms with van der Waals surface area (Å²) in [6.45, 7) is 2.84. The van der Waals surface area contributed by atoms with Gasteiger partial charge in [-0.2, -0.15) is 0 Å². The molecule has 2 amide bonds. The number of aromatic nitrogens is 1. The summed E-state index contributed by atoms with van der Waals surface area (Å²) in [4.78, 5) is 30.6. The summed E-state index contributed by atoms with van der Waals surface area (Å²) in [6.07, 6.45) is 5.98. The van der Waals surface area contributed by atoms with Gasteiger partial charge in [0, 0.05) is 48.9 Å². The van der Waals surface area contributed by atoms with Crippen molar-refractivity contribution in [2.75, 3.05) is 26.2 Å². The van der Waals surface area contributed by atoms with E-state index in [9.17, 15) is 9.59 Å². The number of likely N-dealkylation sites (tertiary alicyclic amines) is 1. The number of benzene rings is 2. The molecule has 1 spiro atoms.